The molecular formula is C28H30N2O7. The summed E-state index contributed by atoms with van der Waals surface area (Å²) in [4.78, 5) is 40.5. The minimum atomic E-state index is -0.802. The quantitative estimate of drug-likeness (QED) is 0.384. The summed E-state index contributed by atoms with van der Waals surface area (Å²) in [6.45, 7) is 3.73. The number of carbonyl (C=O) groups excluding carboxylic acids is 3. The van der Waals surface area contributed by atoms with Crippen molar-refractivity contribution in [2.75, 3.05) is 19.4 Å². The van der Waals surface area contributed by atoms with Crippen molar-refractivity contribution in [3.05, 3.63) is 54.1 Å². The number of epoxide rings is 1. The molecule has 3 aliphatic heterocycles. The maximum atomic E-state index is 13.1. The Hall–Kier alpha value is -3.43. The van der Waals surface area contributed by atoms with Crippen LogP contribution in [0.2, 0.25) is 0 Å². The van der Waals surface area contributed by atoms with Gasteiger partial charge in [-0.3, -0.25) is 15.0 Å². The Morgan fingerprint density at radius 1 is 1.11 bits per heavy atom. The average molecular weight is 507 g/mol. The standard InChI is InChI=1S/C28H30N2O7/c1-14-21-19-12-18(26(32)34-19)22(30(3)4)23(24-28(2,37-24)13-20(21)35-25(14)31)36-27(33)29-17-10-9-15-7-5-6-8-16(15)11-17/h5-12,14,19-24H,13H2,1-4H3,(H,29,33)/t14?,19-,20+,21+,22+,23-,24+,28+/m1/s1. The molecule has 9 nitrogen and oxygen atoms in total. The fraction of sp³-hybridized carbons (Fsp3) is 0.464. The minimum Gasteiger partial charge on any atom is -0.462 e. The highest BCUT2D eigenvalue weighted by Gasteiger charge is 2.65. The average Bonchev–Trinajstić information content (AvgIpc) is 3.24. The van der Waals surface area contributed by atoms with Crippen LogP contribution in [-0.4, -0.2) is 73.1 Å². The van der Waals surface area contributed by atoms with Crippen molar-refractivity contribution in [3.8, 4) is 0 Å². The Morgan fingerprint density at radius 3 is 2.62 bits per heavy atom. The monoisotopic (exact) mass is 506 g/mol. The van der Waals surface area contributed by atoms with Crippen LogP contribution in [0.5, 0.6) is 0 Å². The van der Waals surface area contributed by atoms with Crippen LogP contribution in [0.4, 0.5) is 10.5 Å². The van der Waals surface area contributed by atoms with E-state index in [9.17, 15) is 14.4 Å². The second-order valence-electron chi connectivity index (χ2n) is 10.9. The molecule has 1 amide bonds. The molecule has 0 aromatic heterocycles. The van der Waals surface area contributed by atoms with E-state index in [1.165, 1.54) is 0 Å². The van der Waals surface area contributed by atoms with Gasteiger partial charge in [-0.25, -0.2) is 9.59 Å². The summed E-state index contributed by atoms with van der Waals surface area (Å²) in [5.41, 5.74) is 0.303. The van der Waals surface area contributed by atoms with Crippen LogP contribution < -0.4 is 5.32 Å². The normalized spacial score (nSPS) is 36.2. The fourth-order valence-electron chi connectivity index (χ4n) is 6.18. The number of carbonyl (C=O) groups is 3. The van der Waals surface area contributed by atoms with Crippen LogP contribution >= 0.6 is 0 Å². The fourth-order valence-corrected chi connectivity index (χ4v) is 6.18. The van der Waals surface area contributed by atoms with E-state index < -0.39 is 54.0 Å². The molecule has 1 N–H and O–H groups in total. The summed E-state index contributed by atoms with van der Waals surface area (Å²) in [5.74, 6) is -1.50. The zero-order valence-corrected chi connectivity index (χ0v) is 21.2. The van der Waals surface area contributed by atoms with Gasteiger partial charge < -0.3 is 18.9 Å². The number of likely N-dealkylation sites (N-methyl/N-ethyl adjacent to an activating group) is 1. The van der Waals surface area contributed by atoms with Crippen LogP contribution in [0.15, 0.2) is 54.1 Å². The molecule has 1 unspecified atom stereocenters. The van der Waals surface area contributed by atoms with Crippen LogP contribution in [0.1, 0.15) is 20.3 Å². The lowest BCUT2D eigenvalue weighted by Gasteiger charge is -2.32. The van der Waals surface area contributed by atoms with E-state index >= 15 is 0 Å². The lowest BCUT2D eigenvalue weighted by molar-refractivity contribution is -0.144. The summed E-state index contributed by atoms with van der Waals surface area (Å²) < 4.78 is 23.6. The van der Waals surface area contributed by atoms with Gasteiger partial charge in [-0.05, 0) is 50.0 Å². The van der Waals surface area contributed by atoms with E-state index in [0.29, 0.717) is 17.7 Å². The van der Waals surface area contributed by atoms with E-state index in [1.54, 1.807) is 13.0 Å². The molecule has 6 rings (SSSR count). The Bertz CT molecular complexity index is 1320. The molecule has 1 aliphatic carbocycles. The van der Waals surface area contributed by atoms with Crippen molar-refractivity contribution < 1.29 is 33.3 Å². The molecule has 9 heteroatoms. The van der Waals surface area contributed by atoms with Crippen molar-refractivity contribution >= 4 is 34.5 Å². The Labute approximate surface area is 214 Å². The van der Waals surface area contributed by atoms with Crippen LogP contribution in [0, 0.1) is 11.8 Å². The molecule has 2 aromatic rings. The molecule has 0 radical (unpaired) electrons. The van der Waals surface area contributed by atoms with Crippen molar-refractivity contribution in [2.24, 2.45) is 11.8 Å². The van der Waals surface area contributed by atoms with Crippen molar-refractivity contribution in [1.82, 2.24) is 4.90 Å². The summed E-state index contributed by atoms with van der Waals surface area (Å²) in [7, 11) is 3.64. The van der Waals surface area contributed by atoms with Gasteiger partial charge in [-0.15, -0.1) is 0 Å². The summed E-state index contributed by atoms with van der Waals surface area (Å²) >= 11 is 0. The van der Waals surface area contributed by atoms with Gasteiger partial charge >= 0.3 is 18.0 Å². The molecule has 2 bridgehead atoms. The molecule has 2 aromatic carbocycles. The van der Waals surface area contributed by atoms with Gasteiger partial charge in [0.2, 0.25) is 0 Å². The van der Waals surface area contributed by atoms with Gasteiger partial charge in [0.15, 0.2) is 6.10 Å². The van der Waals surface area contributed by atoms with Gasteiger partial charge in [0, 0.05) is 18.0 Å². The predicted octanol–water partition coefficient (Wildman–Crippen LogP) is 3.28. The number of esters is 2. The van der Waals surface area contributed by atoms with Crippen LogP contribution in [-0.2, 0) is 28.5 Å². The molecule has 194 valence electrons. The summed E-state index contributed by atoms with van der Waals surface area (Å²) in [6, 6.07) is 12.9. The van der Waals surface area contributed by atoms with E-state index in [4.69, 9.17) is 18.9 Å². The Morgan fingerprint density at radius 2 is 1.86 bits per heavy atom. The van der Waals surface area contributed by atoms with Gasteiger partial charge in [0.05, 0.1) is 23.1 Å². The number of nitrogens with zero attached hydrogens (tertiary/aromatic N) is 1. The number of ether oxygens (including phenoxy) is 4. The highest BCUT2D eigenvalue weighted by molar-refractivity contribution is 5.93. The van der Waals surface area contributed by atoms with E-state index in [1.807, 2.05) is 68.4 Å². The molecular weight excluding hydrogens is 476 g/mol. The first kappa shape index (κ1) is 23.9. The first-order chi connectivity index (χ1) is 17.6. The van der Waals surface area contributed by atoms with Gasteiger partial charge in [0.25, 0.3) is 0 Å². The SMILES string of the molecule is CC1C(=O)O[C@H]2C[C@]3(C)O[C@H]3[C@H](OC(=O)Nc3ccc4ccccc4c3)[C@@H](N(C)C)C3=C[C@@H](OC3=O)[C@H]12. The summed E-state index contributed by atoms with van der Waals surface area (Å²) in [6.07, 6.45) is -0.818. The molecule has 2 saturated heterocycles. The van der Waals surface area contributed by atoms with E-state index in [2.05, 4.69) is 5.32 Å². The number of hydrogen-bond donors (Lipinski definition) is 1. The molecule has 4 aliphatic rings. The molecule has 0 spiro atoms. The van der Waals surface area contributed by atoms with Gasteiger partial charge in [-0.2, -0.15) is 0 Å². The highest BCUT2D eigenvalue weighted by Crippen LogP contribution is 2.51. The largest absolute Gasteiger partial charge is 0.462 e. The Kier molecular flexibility index (Phi) is 5.54. The van der Waals surface area contributed by atoms with E-state index in [-0.39, 0.29) is 11.9 Å². The first-order valence-corrected chi connectivity index (χ1v) is 12.6. The predicted molar refractivity (Wildman–Crippen MR) is 134 cm³/mol. The second kappa shape index (κ2) is 8.56. The third-order valence-electron chi connectivity index (χ3n) is 8.12. The molecule has 3 heterocycles. The van der Waals surface area contributed by atoms with Gasteiger partial charge in [0.1, 0.15) is 18.3 Å². The number of hydrogen-bond acceptors (Lipinski definition) is 8. The number of anilines is 1. The number of fused-ring (bicyclic) bond motifs is 5. The van der Waals surface area contributed by atoms with Crippen LogP contribution in [0.3, 0.4) is 0 Å². The third-order valence-corrected chi connectivity index (χ3v) is 8.12. The molecule has 2 fully saturated rings. The number of rotatable bonds is 3. The van der Waals surface area contributed by atoms with Crippen molar-refractivity contribution in [2.45, 2.75) is 56.3 Å². The smallest absolute Gasteiger partial charge is 0.412 e. The molecule has 37 heavy (non-hydrogen) atoms. The second-order valence-corrected chi connectivity index (χ2v) is 10.9. The molecule has 8 atom stereocenters. The Balaban J connectivity index is 1.31. The number of amides is 1. The minimum absolute atomic E-state index is 0.299. The maximum Gasteiger partial charge on any atom is 0.412 e. The van der Waals surface area contributed by atoms with Crippen molar-refractivity contribution in [3.63, 3.8) is 0 Å². The molecule has 0 saturated carbocycles. The zero-order valence-electron chi connectivity index (χ0n) is 21.2. The first-order valence-electron chi connectivity index (χ1n) is 12.6. The number of benzene rings is 2. The van der Waals surface area contributed by atoms with Crippen molar-refractivity contribution in [1.29, 1.82) is 0 Å². The lowest BCUT2D eigenvalue weighted by Crippen LogP contribution is -2.49. The number of nitrogens with one attached hydrogen (secondary N) is 1. The highest BCUT2D eigenvalue weighted by atomic mass is 16.7. The van der Waals surface area contributed by atoms with E-state index in [0.717, 1.165) is 10.8 Å². The lowest BCUT2D eigenvalue weighted by atomic mass is 9.79. The summed E-state index contributed by atoms with van der Waals surface area (Å²) in [5, 5.41) is 4.87. The third kappa shape index (κ3) is 4.06. The topological polar surface area (TPSA) is 107 Å². The zero-order chi connectivity index (χ0) is 26.1. The van der Waals surface area contributed by atoms with Crippen LogP contribution in [0.25, 0.3) is 10.8 Å². The maximum absolute atomic E-state index is 13.1. The van der Waals surface area contributed by atoms with Gasteiger partial charge in [-0.1, -0.05) is 37.3 Å².